The van der Waals surface area contributed by atoms with Crippen LogP contribution in [0.25, 0.3) is 10.9 Å². The summed E-state index contributed by atoms with van der Waals surface area (Å²) in [7, 11) is 2.26. The second-order valence-electron chi connectivity index (χ2n) is 7.65. The number of hydrogen-bond donors (Lipinski definition) is 1. The van der Waals surface area contributed by atoms with Crippen molar-refractivity contribution in [2.24, 2.45) is 0 Å². The molecular formula is C21H30N4OS. The molecule has 6 heteroatoms. The number of piperidine rings is 1. The third kappa shape index (κ3) is 2.93. The molecule has 1 aromatic carbocycles. The number of carbonyl (C=O) groups is 1. The molecule has 146 valence electrons. The molecule has 5 nitrogen and oxygen atoms in total. The van der Waals surface area contributed by atoms with Gasteiger partial charge in [0.05, 0.1) is 10.5 Å². The van der Waals surface area contributed by atoms with Gasteiger partial charge < -0.3 is 9.80 Å². The predicted octanol–water partition coefficient (Wildman–Crippen LogP) is 4.10. The zero-order valence-corrected chi connectivity index (χ0v) is 17.6. The fourth-order valence-corrected chi connectivity index (χ4v) is 5.78. The Morgan fingerprint density at radius 2 is 2.11 bits per heavy atom. The van der Waals surface area contributed by atoms with Gasteiger partial charge in [-0.25, -0.2) is 14.9 Å². The summed E-state index contributed by atoms with van der Waals surface area (Å²) in [6.07, 6.45) is 5.71. The average molecular weight is 387 g/mol. The molecule has 1 N–H and O–H groups in total. The Balaban J connectivity index is 1.84. The lowest BCUT2D eigenvalue weighted by Crippen LogP contribution is -2.44. The first kappa shape index (κ1) is 18.7. The van der Waals surface area contributed by atoms with E-state index in [0.717, 1.165) is 11.9 Å². The molecular weight excluding hydrogens is 356 g/mol. The molecule has 2 amide bonds. The van der Waals surface area contributed by atoms with Crippen molar-refractivity contribution in [2.75, 3.05) is 38.4 Å². The van der Waals surface area contributed by atoms with Gasteiger partial charge in [-0.2, -0.15) is 0 Å². The first-order chi connectivity index (χ1) is 13.1. The average Bonchev–Trinajstić information content (AvgIpc) is 2.98. The second-order valence-corrected chi connectivity index (χ2v) is 8.45. The number of carbonyl (C=O) groups excluding carboxylic acids is 1. The maximum atomic E-state index is 12.8. The molecule has 0 bridgehead atoms. The van der Waals surface area contributed by atoms with Crippen LogP contribution in [-0.2, 0) is 6.42 Å². The number of amides is 2. The van der Waals surface area contributed by atoms with Gasteiger partial charge in [-0.15, -0.1) is 11.8 Å². The first-order valence-electron chi connectivity index (χ1n) is 10.1. The minimum atomic E-state index is -0.0297. The fourth-order valence-electron chi connectivity index (χ4n) is 5.02. The highest BCUT2D eigenvalue weighted by Crippen LogP contribution is 2.46. The Labute approximate surface area is 166 Å². The quantitative estimate of drug-likeness (QED) is 0.804. The normalized spacial score (nSPS) is 21.9. The third-order valence-corrected chi connectivity index (χ3v) is 7.22. The van der Waals surface area contributed by atoms with Gasteiger partial charge in [-0.1, -0.05) is 12.1 Å². The highest BCUT2D eigenvalue weighted by atomic mass is 32.2. The molecule has 0 radical (unpaired) electrons. The van der Waals surface area contributed by atoms with Gasteiger partial charge in [0.25, 0.3) is 0 Å². The molecule has 4 rings (SSSR count). The number of aromatic nitrogens is 1. The largest absolute Gasteiger partial charge is 0.336 e. The number of benzene rings is 1. The van der Waals surface area contributed by atoms with E-state index >= 15 is 0 Å². The second kappa shape index (κ2) is 7.40. The van der Waals surface area contributed by atoms with E-state index in [1.54, 1.807) is 11.8 Å². The van der Waals surface area contributed by atoms with Gasteiger partial charge in [0.15, 0.2) is 0 Å². The van der Waals surface area contributed by atoms with E-state index in [1.807, 2.05) is 23.4 Å². The van der Waals surface area contributed by atoms with Crippen LogP contribution in [0.4, 0.5) is 4.79 Å². The molecule has 2 heterocycles. The zero-order valence-electron chi connectivity index (χ0n) is 16.8. The van der Waals surface area contributed by atoms with Crippen molar-refractivity contribution in [3.05, 3.63) is 29.3 Å². The summed E-state index contributed by atoms with van der Waals surface area (Å²) < 4.78 is 2.04. The van der Waals surface area contributed by atoms with Gasteiger partial charge in [0.1, 0.15) is 0 Å². The van der Waals surface area contributed by atoms with Crippen LogP contribution >= 0.6 is 11.8 Å². The monoisotopic (exact) mass is 386 g/mol. The Hall–Kier alpha value is -1.66. The van der Waals surface area contributed by atoms with Crippen molar-refractivity contribution in [1.29, 1.82) is 0 Å². The molecule has 27 heavy (non-hydrogen) atoms. The first-order valence-corrected chi connectivity index (χ1v) is 11.3. The van der Waals surface area contributed by atoms with Crippen LogP contribution in [0.15, 0.2) is 23.2 Å². The standard InChI is InChI=1S/C21H30N4OS/c1-5-24(6-2)21(26)22-25-17-11-7-9-15-14-10-8-12-23(3)18(14)13-16(19(15)17)20(25)27-4/h7,9,11,14,18H,5-6,8,10,12-13H2,1-4H3,(H,22,26)/t14-,18-/m1/s1. The van der Waals surface area contributed by atoms with Crippen LogP contribution in [0, 0.1) is 0 Å². The summed E-state index contributed by atoms with van der Waals surface area (Å²) in [5.41, 5.74) is 7.19. The molecule has 1 aliphatic heterocycles. The third-order valence-electron chi connectivity index (χ3n) is 6.40. The predicted molar refractivity (Wildman–Crippen MR) is 113 cm³/mol. The number of likely N-dealkylation sites (N-methyl/N-ethyl adjacent to an activating group) is 1. The van der Waals surface area contributed by atoms with Crippen molar-refractivity contribution in [3.8, 4) is 0 Å². The lowest BCUT2D eigenvalue weighted by Gasteiger charge is -2.42. The van der Waals surface area contributed by atoms with Crippen molar-refractivity contribution in [3.63, 3.8) is 0 Å². The Morgan fingerprint density at radius 1 is 1.33 bits per heavy atom. The van der Waals surface area contributed by atoms with Crippen LogP contribution in [0.2, 0.25) is 0 Å². The highest BCUT2D eigenvalue weighted by Gasteiger charge is 2.38. The molecule has 0 spiro atoms. The van der Waals surface area contributed by atoms with Crippen molar-refractivity contribution in [2.45, 2.75) is 50.1 Å². The number of hydrogen-bond acceptors (Lipinski definition) is 3. The molecule has 1 saturated heterocycles. The van der Waals surface area contributed by atoms with E-state index in [1.165, 1.54) is 40.9 Å². The van der Waals surface area contributed by atoms with Crippen molar-refractivity contribution in [1.82, 2.24) is 14.5 Å². The van der Waals surface area contributed by atoms with Crippen LogP contribution in [0.3, 0.4) is 0 Å². The topological polar surface area (TPSA) is 40.5 Å². The van der Waals surface area contributed by atoms with E-state index in [-0.39, 0.29) is 6.03 Å². The van der Waals surface area contributed by atoms with Crippen LogP contribution in [-0.4, -0.2) is 59.5 Å². The van der Waals surface area contributed by atoms with Gasteiger partial charge >= 0.3 is 6.03 Å². The van der Waals surface area contributed by atoms with E-state index in [4.69, 9.17) is 0 Å². The molecule has 1 fully saturated rings. The molecule has 2 atom stereocenters. The van der Waals surface area contributed by atoms with E-state index in [2.05, 4.69) is 41.8 Å². The molecule has 2 aromatic rings. The van der Waals surface area contributed by atoms with Gasteiger partial charge in [-0.05, 0) is 70.2 Å². The number of nitrogens with zero attached hydrogens (tertiary/aromatic N) is 3. The summed E-state index contributed by atoms with van der Waals surface area (Å²) in [5.74, 6) is 0.601. The SMILES string of the molecule is CCN(CC)C(=O)Nn1c(SC)c2c3c(cccc31)[C@H]1CCCN(C)[C@@H]1C2. The molecule has 0 unspecified atom stereocenters. The summed E-state index contributed by atoms with van der Waals surface area (Å²) in [6, 6.07) is 7.15. The summed E-state index contributed by atoms with van der Waals surface area (Å²) >= 11 is 1.74. The number of likely N-dealkylation sites (tertiary alicyclic amines) is 1. The number of nitrogens with one attached hydrogen (secondary N) is 1. The summed E-state index contributed by atoms with van der Waals surface area (Å²) in [6.45, 7) is 6.64. The van der Waals surface area contributed by atoms with Crippen LogP contribution < -0.4 is 5.43 Å². The number of fused-ring (bicyclic) bond motifs is 2. The number of thioether (sulfide) groups is 1. The molecule has 1 aromatic heterocycles. The Morgan fingerprint density at radius 3 is 2.81 bits per heavy atom. The summed E-state index contributed by atoms with van der Waals surface area (Å²) in [4.78, 5) is 17.1. The van der Waals surface area contributed by atoms with E-state index in [0.29, 0.717) is 25.0 Å². The highest BCUT2D eigenvalue weighted by molar-refractivity contribution is 7.98. The lowest BCUT2D eigenvalue weighted by molar-refractivity contribution is 0.156. The lowest BCUT2D eigenvalue weighted by atomic mass is 9.75. The fraction of sp³-hybridized carbons (Fsp3) is 0.571. The van der Waals surface area contributed by atoms with Crippen molar-refractivity contribution >= 4 is 28.7 Å². The molecule has 0 saturated carbocycles. The maximum Gasteiger partial charge on any atom is 0.336 e. The zero-order chi connectivity index (χ0) is 19.1. The minimum absolute atomic E-state index is 0.0297. The van der Waals surface area contributed by atoms with Gasteiger partial charge in [-0.3, -0.25) is 0 Å². The van der Waals surface area contributed by atoms with E-state index in [9.17, 15) is 4.79 Å². The number of rotatable bonds is 4. The van der Waals surface area contributed by atoms with Crippen LogP contribution in [0.1, 0.15) is 43.7 Å². The summed E-state index contributed by atoms with van der Waals surface area (Å²) in [5, 5.41) is 2.55. The molecule has 1 aliphatic carbocycles. The molecule has 2 aliphatic rings. The minimum Gasteiger partial charge on any atom is -0.324 e. The number of urea groups is 1. The van der Waals surface area contributed by atoms with Gasteiger partial charge in [0, 0.05) is 30.4 Å². The van der Waals surface area contributed by atoms with Crippen molar-refractivity contribution < 1.29 is 4.79 Å². The smallest absolute Gasteiger partial charge is 0.324 e. The van der Waals surface area contributed by atoms with Gasteiger partial charge in [0.2, 0.25) is 0 Å². The maximum absolute atomic E-state index is 12.8. The Kier molecular flexibility index (Phi) is 5.12. The van der Waals surface area contributed by atoms with Crippen LogP contribution in [0.5, 0.6) is 0 Å². The Bertz CT molecular complexity index is 857. The van der Waals surface area contributed by atoms with E-state index < -0.39 is 0 Å².